The van der Waals surface area contributed by atoms with Crippen LogP contribution in [0.15, 0.2) is 100 Å². The molecule has 0 saturated heterocycles. The van der Waals surface area contributed by atoms with E-state index in [0.29, 0.717) is 28.0 Å². The predicted molar refractivity (Wildman–Crippen MR) is 123 cm³/mol. The van der Waals surface area contributed by atoms with E-state index in [0.717, 1.165) is 11.4 Å². The van der Waals surface area contributed by atoms with Gasteiger partial charge in [0.2, 0.25) is 0 Å². The van der Waals surface area contributed by atoms with E-state index in [1.807, 2.05) is 42.5 Å². The third kappa shape index (κ3) is 4.49. The van der Waals surface area contributed by atoms with Crippen LogP contribution in [0.4, 0.5) is 5.69 Å². The number of para-hydroxylation sites is 2. The molecule has 8 heteroatoms. The van der Waals surface area contributed by atoms with Gasteiger partial charge < -0.3 is 14.5 Å². The smallest absolute Gasteiger partial charge is 0.339 e. The van der Waals surface area contributed by atoms with Gasteiger partial charge in [-0.1, -0.05) is 35.5 Å². The summed E-state index contributed by atoms with van der Waals surface area (Å²) in [6.07, 6.45) is 1.73. The maximum atomic E-state index is 12.4. The molecule has 1 amide bonds. The van der Waals surface area contributed by atoms with E-state index in [1.54, 1.807) is 47.3 Å². The van der Waals surface area contributed by atoms with Gasteiger partial charge in [-0.05, 0) is 48.5 Å². The summed E-state index contributed by atoms with van der Waals surface area (Å²) in [7, 11) is 0. The zero-order valence-electron chi connectivity index (χ0n) is 17.3. The molecule has 33 heavy (non-hydrogen) atoms. The summed E-state index contributed by atoms with van der Waals surface area (Å²) < 4.78 is 12.6. The highest BCUT2D eigenvalue weighted by Crippen LogP contribution is 2.24. The highest BCUT2D eigenvalue weighted by Gasteiger charge is 2.10. The number of nitrogens with zero attached hydrogens (tertiary/aromatic N) is 3. The minimum absolute atomic E-state index is 0.130. The van der Waals surface area contributed by atoms with Crippen molar-refractivity contribution in [3.05, 3.63) is 113 Å². The van der Waals surface area contributed by atoms with Crippen LogP contribution in [0.5, 0.6) is 5.75 Å². The van der Waals surface area contributed by atoms with E-state index in [2.05, 4.69) is 15.6 Å². The summed E-state index contributed by atoms with van der Waals surface area (Å²) in [4.78, 5) is 24.2. The van der Waals surface area contributed by atoms with Crippen LogP contribution in [0.3, 0.4) is 0 Å². The number of carbonyl (C=O) groups is 1. The van der Waals surface area contributed by atoms with E-state index >= 15 is 0 Å². The quantitative estimate of drug-likeness (QED) is 0.399. The molecule has 0 fully saturated rings. The first-order chi connectivity index (χ1) is 16.2. The van der Waals surface area contributed by atoms with E-state index in [4.69, 9.17) is 9.15 Å². The molecular weight excluding hydrogens is 420 g/mol. The number of nitrogens with one attached hydrogen (secondary N) is 1. The fourth-order valence-electron chi connectivity index (χ4n) is 3.33. The molecule has 0 atom stereocenters. The minimum atomic E-state index is -0.483. The minimum Gasteiger partial charge on any atom is -0.486 e. The monoisotopic (exact) mass is 438 g/mol. The fraction of sp³-hybridized carbons (Fsp3) is 0.0400. The summed E-state index contributed by atoms with van der Waals surface area (Å²) in [6, 6.07) is 24.8. The van der Waals surface area contributed by atoms with Crippen LogP contribution in [-0.4, -0.2) is 20.9 Å². The Labute approximate surface area is 188 Å². The van der Waals surface area contributed by atoms with Crippen molar-refractivity contribution in [1.29, 1.82) is 0 Å². The van der Waals surface area contributed by atoms with Crippen molar-refractivity contribution in [2.45, 2.75) is 6.61 Å². The van der Waals surface area contributed by atoms with Crippen molar-refractivity contribution in [3.8, 4) is 11.4 Å². The Morgan fingerprint density at radius 2 is 1.73 bits per heavy atom. The van der Waals surface area contributed by atoms with Crippen LogP contribution >= 0.6 is 0 Å². The molecule has 0 aliphatic heterocycles. The third-order valence-electron chi connectivity index (χ3n) is 4.95. The van der Waals surface area contributed by atoms with Crippen LogP contribution < -0.4 is 15.7 Å². The standard InChI is InChI=1S/C25H18N4O4/c30-24-14-23(21-8-4-5-9-22(21)33-24)32-16-19-15-29(28-27-19)20-12-10-17(11-13-20)25(31)26-18-6-2-1-3-7-18/h1-15H,16H2,(H,26,31). The van der Waals surface area contributed by atoms with Crippen LogP contribution in [0.2, 0.25) is 0 Å². The predicted octanol–water partition coefficient (Wildman–Crippen LogP) is 4.21. The van der Waals surface area contributed by atoms with E-state index in [-0.39, 0.29) is 12.5 Å². The largest absolute Gasteiger partial charge is 0.486 e. The first-order valence-corrected chi connectivity index (χ1v) is 10.2. The number of ether oxygens (including phenoxy) is 1. The normalized spacial score (nSPS) is 10.8. The Bertz CT molecular complexity index is 1470. The number of benzene rings is 3. The Morgan fingerprint density at radius 1 is 0.970 bits per heavy atom. The molecule has 0 aliphatic rings. The zero-order chi connectivity index (χ0) is 22.6. The van der Waals surface area contributed by atoms with Gasteiger partial charge >= 0.3 is 5.63 Å². The molecule has 0 saturated carbocycles. The molecule has 1 N–H and O–H groups in total. The molecule has 0 aliphatic carbocycles. The average molecular weight is 438 g/mol. The lowest BCUT2D eigenvalue weighted by Gasteiger charge is -2.06. The number of hydrogen-bond acceptors (Lipinski definition) is 6. The van der Waals surface area contributed by atoms with E-state index in [9.17, 15) is 9.59 Å². The number of anilines is 1. The molecule has 3 aromatic carbocycles. The molecule has 8 nitrogen and oxygen atoms in total. The van der Waals surface area contributed by atoms with E-state index in [1.165, 1.54) is 6.07 Å². The Balaban J connectivity index is 1.27. The van der Waals surface area contributed by atoms with Crippen LogP contribution in [0, 0.1) is 0 Å². The fourth-order valence-corrected chi connectivity index (χ4v) is 3.33. The second-order valence-corrected chi connectivity index (χ2v) is 7.24. The Morgan fingerprint density at radius 3 is 2.55 bits per heavy atom. The Hall–Kier alpha value is -4.72. The topological polar surface area (TPSA) is 99.2 Å². The van der Waals surface area contributed by atoms with Crippen molar-refractivity contribution in [3.63, 3.8) is 0 Å². The second-order valence-electron chi connectivity index (χ2n) is 7.24. The molecule has 162 valence electrons. The van der Waals surface area contributed by atoms with Crippen LogP contribution in [0.25, 0.3) is 16.7 Å². The third-order valence-corrected chi connectivity index (χ3v) is 4.95. The van der Waals surface area contributed by atoms with Gasteiger partial charge in [-0.25, -0.2) is 9.48 Å². The maximum Gasteiger partial charge on any atom is 0.339 e. The SMILES string of the molecule is O=C(Nc1ccccc1)c1ccc(-n2cc(COc3cc(=O)oc4ccccc34)nn2)cc1. The van der Waals surface area contributed by atoms with Crippen molar-refractivity contribution in [2.24, 2.45) is 0 Å². The van der Waals surface area contributed by atoms with Gasteiger partial charge in [0, 0.05) is 11.3 Å². The number of amides is 1. The van der Waals surface area contributed by atoms with Crippen molar-refractivity contribution < 1.29 is 13.9 Å². The Kier molecular flexibility index (Phi) is 5.38. The van der Waals surface area contributed by atoms with Gasteiger partial charge in [-0.2, -0.15) is 0 Å². The number of fused-ring (bicyclic) bond motifs is 1. The number of rotatable bonds is 6. The first kappa shape index (κ1) is 20.2. The van der Waals surface area contributed by atoms with Crippen molar-refractivity contribution in [2.75, 3.05) is 5.32 Å². The first-order valence-electron chi connectivity index (χ1n) is 10.2. The lowest BCUT2D eigenvalue weighted by molar-refractivity contribution is 0.102. The summed E-state index contributed by atoms with van der Waals surface area (Å²) in [5.41, 5.74) is 2.57. The van der Waals surface area contributed by atoms with Crippen LogP contribution in [0.1, 0.15) is 16.1 Å². The van der Waals surface area contributed by atoms with E-state index < -0.39 is 5.63 Å². The lowest BCUT2D eigenvalue weighted by atomic mass is 10.2. The molecule has 2 aromatic heterocycles. The molecule has 2 heterocycles. The van der Waals surface area contributed by atoms with Gasteiger partial charge in [-0.15, -0.1) is 5.10 Å². The molecule has 5 rings (SSSR count). The number of aromatic nitrogens is 3. The second kappa shape index (κ2) is 8.80. The molecule has 5 aromatic rings. The lowest BCUT2D eigenvalue weighted by Crippen LogP contribution is -2.11. The van der Waals surface area contributed by atoms with Gasteiger partial charge in [0.1, 0.15) is 23.6 Å². The zero-order valence-corrected chi connectivity index (χ0v) is 17.3. The average Bonchev–Trinajstić information content (AvgIpc) is 3.32. The number of carbonyl (C=O) groups excluding carboxylic acids is 1. The number of hydrogen-bond donors (Lipinski definition) is 1. The molecule has 0 unspecified atom stereocenters. The maximum absolute atomic E-state index is 12.4. The van der Waals surface area contributed by atoms with Crippen LogP contribution in [-0.2, 0) is 6.61 Å². The summed E-state index contributed by atoms with van der Waals surface area (Å²) in [5.74, 6) is 0.227. The molecule has 0 radical (unpaired) electrons. The summed E-state index contributed by atoms with van der Waals surface area (Å²) >= 11 is 0. The summed E-state index contributed by atoms with van der Waals surface area (Å²) in [5, 5.41) is 11.8. The molecule has 0 spiro atoms. The summed E-state index contributed by atoms with van der Waals surface area (Å²) in [6.45, 7) is 0.130. The highest BCUT2D eigenvalue weighted by molar-refractivity contribution is 6.04. The van der Waals surface area contributed by atoms with Crippen molar-refractivity contribution in [1.82, 2.24) is 15.0 Å². The van der Waals surface area contributed by atoms with Gasteiger partial charge in [0.05, 0.1) is 23.3 Å². The van der Waals surface area contributed by atoms with Gasteiger partial charge in [-0.3, -0.25) is 4.79 Å². The highest BCUT2D eigenvalue weighted by atomic mass is 16.5. The molecular formula is C25H18N4O4. The molecule has 0 bridgehead atoms. The van der Waals surface area contributed by atoms with Crippen molar-refractivity contribution >= 4 is 22.6 Å². The van der Waals surface area contributed by atoms with Gasteiger partial charge in [0.25, 0.3) is 5.91 Å². The van der Waals surface area contributed by atoms with Gasteiger partial charge in [0.15, 0.2) is 0 Å².